The van der Waals surface area contributed by atoms with Gasteiger partial charge in [-0.05, 0) is 6.92 Å². The van der Waals surface area contributed by atoms with Gasteiger partial charge in [0.2, 0.25) is 0 Å². The fourth-order valence-corrected chi connectivity index (χ4v) is 0.547. The van der Waals surface area contributed by atoms with Gasteiger partial charge in [0.05, 0.1) is 0 Å². The van der Waals surface area contributed by atoms with E-state index in [0.717, 1.165) is 0 Å². The molecular weight excluding hydrogens is 86.1 g/mol. The molecule has 1 rings (SSSR count). The van der Waals surface area contributed by atoms with Crippen LogP contribution >= 0.6 is 0 Å². The summed E-state index contributed by atoms with van der Waals surface area (Å²) >= 11 is 0. The molecule has 0 fully saturated rings. The van der Waals surface area contributed by atoms with Gasteiger partial charge in [-0.25, -0.2) is 0 Å². The molecule has 0 aromatic heterocycles. The molecule has 0 N–H and O–H groups in total. The average Bonchev–Trinajstić information content (AvgIpc) is 1.91. The molecule has 1 aliphatic rings. The molecule has 0 saturated carbocycles. The summed E-state index contributed by atoms with van der Waals surface area (Å²) in [5.41, 5.74) is 1.22. The van der Waals surface area contributed by atoms with Crippen molar-refractivity contribution in [3.8, 4) is 0 Å². The van der Waals surface area contributed by atoms with Gasteiger partial charge in [0.15, 0.2) is 0 Å². The van der Waals surface area contributed by atoms with Gasteiger partial charge in [-0.2, -0.15) is 0 Å². The highest BCUT2D eigenvalue weighted by Gasteiger charge is 2.02. The lowest BCUT2D eigenvalue weighted by Crippen LogP contribution is -1.96. The summed E-state index contributed by atoms with van der Waals surface area (Å²) in [7, 11) is 0. The Morgan fingerprint density at radius 1 is 1.71 bits per heavy atom. The number of nitrogens with zero attached hydrogens (tertiary/aromatic N) is 1. The van der Waals surface area contributed by atoms with Crippen LogP contribution in [0.2, 0.25) is 0 Å². The second kappa shape index (κ2) is 1.49. The van der Waals surface area contributed by atoms with E-state index in [1.807, 2.05) is 13.1 Å². The minimum absolute atomic E-state index is 0.583. The van der Waals surface area contributed by atoms with Crippen molar-refractivity contribution < 1.29 is 0 Å². The molecule has 38 valence electrons. The molecule has 1 aliphatic heterocycles. The quantitative estimate of drug-likeness (QED) is 0.433. The SMILES string of the molecule is CC1=NC=CC1C. The Morgan fingerprint density at radius 2 is 2.43 bits per heavy atom. The van der Waals surface area contributed by atoms with Gasteiger partial charge < -0.3 is 0 Å². The maximum atomic E-state index is 4.05. The Balaban J connectivity index is 2.69. The molecule has 0 aliphatic carbocycles. The maximum Gasteiger partial charge on any atom is 0.0233 e. The van der Waals surface area contributed by atoms with Gasteiger partial charge in [-0.1, -0.05) is 13.0 Å². The van der Waals surface area contributed by atoms with E-state index < -0.39 is 0 Å². The van der Waals surface area contributed by atoms with Crippen molar-refractivity contribution in [3.05, 3.63) is 12.3 Å². The van der Waals surface area contributed by atoms with Gasteiger partial charge in [0.1, 0.15) is 0 Å². The summed E-state index contributed by atoms with van der Waals surface area (Å²) in [6.07, 6.45) is 3.95. The van der Waals surface area contributed by atoms with Crippen molar-refractivity contribution in [2.75, 3.05) is 0 Å². The molecule has 1 heterocycles. The zero-order chi connectivity index (χ0) is 5.28. The fourth-order valence-electron chi connectivity index (χ4n) is 0.547. The first-order valence-electron chi connectivity index (χ1n) is 2.51. The molecule has 1 nitrogen and oxygen atoms in total. The molecule has 0 aromatic rings. The number of rotatable bonds is 0. The minimum Gasteiger partial charge on any atom is -0.266 e. The Morgan fingerprint density at radius 3 is 2.57 bits per heavy atom. The van der Waals surface area contributed by atoms with Crippen molar-refractivity contribution in [2.45, 2.75) is 13.8 Å². The van der Waals surface area contributed by atoms with Crippen LogP contribution in [-0.2, 0) is 0 Å². The molecule has 0 saturated heterocycles. The van der Waals surface area contributed by atoms with Crippen LogP contribution in [0.25, 0.3) is 0 Å². The van der Waals surface area contributed by atoms with Crippen molar-refractivity contribution in [1.82, 2.24) is 0 Å². The van der Waals surface area contributed by atoms with Crippen molar-refractivity contribution >= 4 is 5.71 Å². The summed E-state index contributed by atoms with van der Waals surface area (Å²) in [6, 6.07) is 0. The van der Waals surface area contributed by atoms with Crippen LogP contribution in [0.5, 0.6) is 0 Å². The summed E-state index contributed by atoms with van der Waals surface area (Å²) in [5, 5.41) is 0. The highest BCUT2D eigenvalue weighted by atomic mass is 14.7. The first-order chi connectivity index (χ1) is 3.30. The lowest BCUT2D eigenvalue weighted by atomic mass is 10.1. The van der Waals surface area contributed by atoms with Crippen LogP contribution < -0.4 is 0 Å². The standard InChI is InChI=1S/C6H9N/c1-5-3-4-7-6(5)2/h3-5H,1-2H3. The van der Waals surface area contributed by atoms with Gasteiger partial charge in [-0.15, -0.1) is 0 Å². The highest BCUT2D eigenvalue weighted by Crippen LogP contribution is 2.06. The largest absolute Gasteiger partial charge is 0.266 e. The second-order valence-corrected chi connectivity index (χ2v) is 1.90. The highest BCUT2D eigenvalue weighted by molar-refractivity contribution is 5.87. The Hall–Kier alpha value is -0.590. The molecule has 1 heteroatoms. The maximum absolute atomic E-state index is 4.05. The van der Waals surface area contributed by atoms with E-state index in [1.165, 1.54) is 5.71 Å². The van der Waals surface area contributed by atoms with Crippen molar-refractivity contribution in [3.63, 3.8) is 0 Å². The molecule has 7 heavy (non-hydrogen) atoms. The molecule has 1 unspecified atom stereocenters. The summed E-state index contributed by atoms with van der Waals surface area (Å²) < 4.78 is 0. The number of allylic oxidation sites excluding steroid dienone is 1. The predicted octanol–water partition coefficient (Wildman–Crippen LogP) is 1.61. The third kappa shape index (κ3) is 0.710. The molecule has 0 aromatic carbocycles. The summed E-state index contributed by atoms with van der Waals surface area (Å²) in [5.74, 6) is 0.583. The molecular formula is C6H9N. The summed E-state index contributed by atoms with van der Waals surface area (Å²) in [4.78, 5) is 4.05. The lowest BCUT2D eigenvalue weighted by molar-refractivity contribution is 1.02. The van der Waals surface area contributed by atoms with Gasteiger partial charge in [0, 0.05) is 17.8 Å². The lowest BCUT2D eigenvalue weighted by Gasteiger charge is -1.93. The molecule has 0 radical (unpaired) electrons. The number of hydrogen-bond acceptors (Lipinski definition) is 1. The topological polar surface area (TPSA) is 12.4 Å². The van der Waals surface area contributed by atoms with Crippen LogP contribution in [0.15, 0.2) is 17.3 Å². The summed E-state index contributed by atoms with van der Waals surface area (Å²) in [6.45, 7) is 4.19. The molecule has 0 amide bonds. The van der Waals surface area contributed by atoms with Crippen LogP contribution in [-0.4, -0.2) is 5.71 Å². The molecule has 1 atom stereocenters. The Labute approximate surface area is 43.8 Å². The van der Waals surface area contributed by atoms with Gasteiger partial charge in [-0.3, -0.25) is 4.99 Å². The molecule has 0 spiro atoms. The average molecular weight is 95.1 g/mol. The van der Waals surface area contributed by atoms with Crippen molar-refractivity contribution in [2.24, 2.45) is 10.9 Å². The van der Waals surface area contributed by atoms with Crippen LogP contribution in [0.1, 0.15) is 13.8 Å². The van der Waals surface area contributed by atoms with E-state index in [0.29, 0.717) is 5.92 Å². The van der Waals surface area contributed by atoms with E-state index in [-0.39, 0.29) is 0 Å². The fraction of sp³-hybridized carbons (Fsp3) is 0.500. The Bertz CT molecular complexity index is 122. The second-order valence-electron chi connectivity index (χ2n) is 1.90. The van der Waals surface area contributed by atoms with E-state index in [2.05, 4.69) is 18.0 Å². The van der Waals surface area contributed by atoms with Crippen LogP contribution in [0.4, 0.5) is 0 Å². The van der Waals surface area contributed by atoms with Gasteiger partial charge >= 0.3 is 0 Å². The smallest absolute Gasteiger partial charge is 0.0233 e. The van der Waals surface area contributed by atoms with Gasteiger partial charge in [0.25, 0.3) is 0 Å². The van der Waals surface area contributed by atoms with E-state index in [4.69, 9.17) is 0 Å². The van der Waals surface area contributed by atoms with Crippen LogP contribution in [0, 0.1) is 5.92 Å². The third-order valence-corrected chi connectivity index (χ3v) is 1.31. The van der Waals surface area contributed by atoms with E-state index in [1.54, 1.807) is 0 Å². The first-order valence-corrected chi connectivity index (χ1v) is 2.51. The number of hydrogen-bond donors (Lipinski definition) is 0. The first kappa shape index (κ1) is 4.57. The zero-order valence-corrected chi connectivity index (χ0v) is 4.68. The Kier molecular flexibility index (Phi) is 0.970. The zero-order valence-electron chi connectivity index (χ0n) is 4.68. The molecule has 0 bridgehead atoms. The van der Waals surface area contributed by atoms with Crippen molar-refractivity contribution in [1.29, 1.82) is 0 Å². The normalized spacial score (nSPS) is 28.3. The minimum atomic E-state index is 0.583. The third-order valence-electron chi connectivity index (χ3n) is 1.31. The van der Waals surface area contributed by atoms with E-state index >= 15 is 0 Å². The van der Waals surface area contributed by atoms with E-state index in [9.17, 15) is 0 Å². The predicted molar refractivity (Wildman–Crippen MR) is 31.4 cm³/mol. The monoisotopic (exact) mass is 95.1 g/mol. The number of aliphatic imine (C=N–C) groups is 1. The van der Waals surface area contributed by atoms with Crippen LogP contribution in [0.3, 0.4) is 0 Å².